The van der Waals surface area contributed by atoms with Crippen LogP contribution >= 0.6 is 11.6 Å². The summed E-state index contributed by atoms with van der Waals surface area (Å²) in [5.41, 5.74) is 0. The minimum absolute atomic E-state index is 0.0684. The molecule has 124 valence electrons. The Bertz CT molecular complexity index is 632. The minimum atomic E-state index is -3.55. The molecule has 0 aliphatic rings. The molecule has 0 saturated carbocycles. The van der Waals surface area contributed by atoms with E-state index in [-0.39, 0.29) is 34.2 Å². The lowest BCUT2D eigenvalue weighted by Crippen LogP contribution is -2.35. The maximum absolute atomic E-state index is 12.0. The highest BCUT2D eigenvalue weighted by atomic mass is 35.5. The summed E-state index contributed by atoms with van der Waals surface area (Å²) in [7, 11) is -0.678. The van der Waals surface area contributed by atoms with Crippen molar-refractivity contribution in [3.05, 3.63) is 23.2 Å². The molecule has 0 aliphatic carbocycles. The summed E-state index contributed by atoms with van der Waals surface area (Å²) in [6, 6.07) is 4.20. The number of benzene rings is 1. The highest BCUT2D eigenvalue weighted by molar-refractivity contribution is 7.89. The molecular weight excluding hydrogens is 328 g/mol. The maximum atomic E-state index is 12.0. The van der Waals surface area contributed by atoms with E-state index in [9.17, 15) is 13.2 Å². The van der Waals surface area contributed by atoms with Crippen molar-refractivity contribution in [2.45, 2.75) is 31.2 Å². The summed E-state index contributed by atoms with van der Waals surface area (Å²) in [6.45, 7) is 3.68. The van der Waals surface area contributed by atoms with Crippen LogP contribution in [0.2, 0.25) is 5.02 Å². The maximum Gasteiger partial charge on any atom is 0.258 e. The lowest BCUT2D eigenvalue weighted by atomic mass is 10.2. The Morgan fingerprint density at radius 2 is 2.05 bits per heavy atom. The van der Waals surface area contributed by atoms with Gasteiger partial charge in [-0.15, -0.1) is 0 Å². The predicted molar refractivity (Wildman–Crippen MR) is 85.7 cm³/mol. The van der Waals surface area contributed by atoms with Gasteiger partial charge in [0.1, 0.15) is 5.75 Å². The lowest BCUT2D eigenvalue weighted by molar-refractivity contribution is -0.123. The second-order valence-electron chi connectivity index (χ2n) is 5.05. The molecule has 1 aromatic carbocycles. The largest absolute Gasteiger partial charge is 0.482 e. The number of hydrogen-bond donors (Lipinski definition) is 1. The van der Waals surface area contributed by atoms with Crippen LogP contribution in [0.3, 0.4) is 0 Å². The van der Waals surface area contributed by atoms with Gasteiger partial charge in [-0.05, 0) is 31.5 Å². The molecule has 1 amide bonds. The first-order valence-electron chi connectivity index (χ1n) is 6.82. The van der Waals surface area contributed by atoms with Crippen LogP contribution in [0.1, 0.15) is 20.3 Å². The van der Waals surface area contributed by atoms with Crippen molar-refractivity contribution in [3.8, 4) is 5.75 Å². The van der Waals surface area contributed by atoms with Crippen LogP contribution in [-0.2, 0) is 14.8 Å². The van der Waals surface area contributed by atoms with Crippen LogP contribution in [0.25, 0.3) is 0 Å². The molecule has 0 radical (unpaired) electrons. The molecule has 1 rings (SSSR count). The van der Waals surface area contributed by atoms with Crippen molar-refractivity contribution in [2.24, 2.45) is 0 Å². The number of sulfonamides is 1. The van der Waals surface area contributed by atoms with E-state index in [0.29, 0.717) is 0 Å². The van der Waals surface area contributed by atoms with Gasteiger partial charge in [0.05, 0.1) is 9.92 Å². The van der Waals surface area contributed by atoms with Crippen molar-refractivity contribution < 1.29 is 17.9 Å². The molecule has 0 saturated heterocycles. The fourth-order valence-electron chi connectivity index (χ4n) is 1.53. The number of rotatable bonds is 7. The van der Waals surface area contributed by atoms with E-state index in [0.717, 1.165) is 10.7 Å². The highest BCUT2D eigenvalue weighted by Crippen LogP contribution is 2.28. The molecule has 0 heterocycles. The number of hydrogen-bond acceptors (Lipinski definition) is 4. The SMILES string of the molecule is CC[C@@H](C)NC(=O)COc1ccc(S(=O)(=O)N(C)C)cc1Cl. The summed E-state index contributed by atoms with van der Waals surface area (Å²) in [5.74, 6) is 0.00841. The Hall–Kier alpha value is -1.31. The molecule has 1 aromatic rings. The van der Waals surface area contributed by atoms with Crippen LogP contribution < -0.4 is 10.1 Å². The van der Waals surface area contributed by atoms with Crippen molar-refractivity contribution in [3.63, 3.8) is 0 Å². The fraction of sp³-hybridized carbons (Fsp3) is 0.500. The third-order valence-electron chi connectivity index (χ3n) is 3.06. The van der Waals surface area contributed by atoms with E-state index in [2.05, 4.69) is 5.32 Å². The van der Waals surface area contributed by atoms with Gasteiger partial charge >= 0.3 is 0 Å². The zero-order chi connectivity index (χ0) is 16.9. The number of nitrogens with zero attached hydrogens (tertiary/aromatic N) is 1. The topological polar surface area (TPSA) is 75.7 Å². The average Bonchev–Trinajstić information content (AvgIpc) is 2.45. The predicted octanol–water partition coefficient (Wildman–Crippen LogP) is 1.88. The normalized spacial score (nSPS) is 13.0. The van der Waals surface area contributed by atoms with Crippen LogP contribution in [0.5, 0.6) is 5.75 Å². The number of nitrogens with one attached hydrogen (secondary N) is 1. The molecule has 1 N–H and O–H groups in total. The van der Waals surface area contributed by atoms with Gasteiger partial charge in [-0.25, -0.2) is 12.7 Å². The first kappa shape index (κ1) is 18.7. The van der Waals surface area contributed by atoms with Crippen LogP contribution in [0.15, 0.2) is 23.1 Å². The molecule has 0 aromatic heterocycles. The summed E-state index contributed by atoms with van der Waals surface area (Å²) in [5, 5.41) is 2.90. The van der Waals surface area contributed by atoms with Gasteiger partial charge in [0.2, 0.25) is 10.0 Å². The fourth-order valence-corrected chi connectivity index (χ4v) is 2.76. The van der Waals surface area contributed by atoms with Crippen LogP contribution in [0.4, 0.5) is 0 Å². The molecule has 22 heavy (non-hydrogen) atoms. The van der Waals surface area contributed by atoms with Gasteiger partial charge in [0, 0.05) is 20.1 Å². The van der Waals surface area contributed by atoms with Crippen LogP contribution in [0, 0.1) is 0 Å². The second kappa shape index (κ2) is 7.80. The molecule has 0 spiro atoms. The van der Waals surface area contributed by atoms with Gasteiger partial charge in [-0.1, -0.05) is 18.5 Å². The molecule has 0 fully saturated rings. The Kier molecular flexibility index (Phi) is 6.65. The van der Waals surface area contributed by atoms with E-state index < -0.39 is 10.0 Å². The van der Waals surface area contributed by atoms with Crippen molar-refractivity contribution in [2.75, 3.05) is 20.7 Å². The van der Waals surface area contributed by atoms with Gasteiger partial charge < -0.3 is 10.1 Å². The van der Waals surface area contributed by atoms with Gasteiger partial charge in [0.25, 0.3) is 5.91 Å². The van der Waals surface area contributed by atoms with Crippen molar-refractivity contribution in [1.29, 1.82) is 0 Å². The minimum Gasteiger partial charge on any atom is -0.482 e. The van der Waals surface area contributed by atoms with E-state index in [1.807, 2.05) is 13.8 Å². The summed E-state index contributed by atoms with van der Waals surface area (Å²) < 4.78 is 30.4. The molecular formula is C14H21ClN2O4S. The molecule has 0 unspecified atom stereocenters. The molecule has 0 aliphatic heterocycles. The molecule has 1 atom stereocenters. The van der Waals surface area contributed by atoms with Gasteiger partial charge in [-0.2, -0.15) is 0 Å². The van der Waals surface area contributed by atoms with E-state index in [4.69, 9.17) is 16.3 Å². The average molecular weight is 349 g/mol. The Morgan fingerprint density at radius 1 is 1.41 bits per heavy atom. The standard InChI is InChI=1S/C14H21ClN2O4S/c1-5-10(2)16-14(18)9-21-13-7-6-11(8-12(13)15)22(19,20)17(3)4/h6-8,10H,5,9H2,1-4H3,(H,16,18)/t10-/m1/s1. The number of ether oxygens (including phenoxy) is 1. The Labute approximate surface area is 136 Å². The Balaban J connectivity index is 2.77. The van der Waals surface area contributed by atoms with Crippen molar-refractivity contribution >= 4 is 27.5 Å². The zero-order valence-electron chi connectivity index (χ0n) is 13.1. The third kappa shape index (κ3) is 4.86. The van der Waals surface area contributed by atoms with Gasteiger partial charge in [0.15, 0.2) is 6.61 Å². The van der Waals surface area contributed by atoms with Crippen molar-refractivity contribution in [1.82, 2.24) is 9.62 Å². The van der Waals surface area contributed by atoms with E-state index >= 15 is 0 Å². The first-order chi connectivity index (χ1) is 10.2. The lowest BCUT2D eigenvalue weighted by Gasteiger charge is -2.14. The number of amides is 1. The smallest absolute Gasteiger partial charge is 0.258 e. The second-order valence-corrected chi connectivity index (χ2v) is 7.60. The third-order valence-corrected chi connectivity index (χ3v) is 5.17. The molecule has 6 nitrogen and oxygen atoms in total. The summed E-state index contributed by atoms with van der Waals surface area (Å²) in [4.78, 5) is 11.7. The Morgan fingerprint density at radius 3 is 2.55 bits per heavy atom. The first-order valence-corrected chi connectivity index (χ1v) is 8.64. The van der Waals surface area contributed by atoms with Gasteiger partial charge in [-0.3, -0.25) is 4.79 Å². The summed E-state index contributed by atoms with van der Waals surface area (Å²) in [6.07, 6.45) is 0.823. The van der Waals surface area contributed by atoms with Crippen LogP contribution in [-0.4, -0.2) is 45.4 Å². The summed E-state index contributed by atoms with van der Waals surface area (Å²) >= 11 is 6.02. The number of halogens is 1. The van der Waals surface area contributed by atoms with E-state index in [1.165, 1.54) is 32.3 Å². The van der Waals surface area contributed by atoms with E-state index in [1.54, 1.807) is 0 Å². The number of carbonyl (C=O) groups excluding carboxylic acids is 1. The quantitative estimate of drug-likeness (QED) is 0.816. The highest BCUT2D eigenvalue weighted by Gasteiger charge is 2.19. The zero-order valence-corrected chi connectivity index (χ0v) is 14.7. The molecule has 0 bridgehead atoms. The molecule has 8 heteroatoms. The number of carbonyl (C=O) groups is 1. The monoisotopic (exact) mass is 348 g/mol.